The molecular formula is C30H48N10O2. The zero-order valence-electron chi connectivity index (χ0n) is 27.1. The van der Waals surface area contributed by atoms with Crippen molar-refractivity contribution in [3.8, 4) is 0 Å². The molecule has 230 valence electrons. The van der Waals surface area contributed by atoms with E-state index in [4.69, 9.17) is 20.3 Å². The summed E-state index contributed by atoms with van der Waals surface area (Å²) in [5.74, 6) is -0.115. The smallest absolute Gasteiger partial charge is 0.237 e. The lowest BCUT2D eigenvalue weighted by Gasteiger charge is -2.21. The first-order valence-electron chi connectivity index (χ1n) is 14.1. The maximum atomic E-state index is 8.50. The van der Waals surface area contributed by atoms with Crippen LogP contribution >= 0.6 is 0 Å². The largest absolute Gasteiger partial charge is 0.461 e. The average Bonchev–Trinajstić information content (AvgIpc) is 3.32. The molecule has 6 N–H and O–H groups in total. The SMILES string of the molecule is CC(C)(C)N/N=C1\C(=N)OC(c2ccc(C3OC(=N)C(=N\NC(C)(C)C)/C3=N\NC(C)(C)C)cc2)\C1=N\NC(C)(C)C. The molecule has 0 radical (unpaired) electrons. The van der Waals surface area contributed by atoms with Gasteiger partial charge in [0.2, 0.25) is 11.8 Å². The van der Waals surface area contributed by atoms with E-state index in [0.29, 0.717) is 22.8 Å². The van der Waals surface area contributed by atoms with Crippen molar-refractivity contribution in [1.29, 1.82) is 10.8 Å². The normalized spacial score (nSPS) is 23.9. The predicted octanol–water partition coefficient (Wildman–Crippen LogP) is 4.76. The third kappa shape index (κ3) is 9.02. The summed E-state index contributed by atoms with van der Waals surface area (Å²) in [7, 11) is 0. The Morgan fingerprint density at radius 3 is 1.02 bits per heavy atom. The lowest BCUT2D eigenvalue weighted by molar-refractivity contribution is 0.269. The highest BCUT2D eigenvalue weighted by Crippen LogP contribution is 2.31. The van der Waals surface area contributed by atoms with E-state index in [1.54, 1.807) is 0 Å². The Hall–Kier alpha value is -3.96. The number of hydrogen-bond acceptors (Lipinski definition) is 12. The summed E-state index contributed by atoms with van der Waals surface area (Å²) in [6, 6.07) is 7.63. The van der Waals surface area contributed by atoms with Gasteiger partial charge in [-0.25, -0.2) is 0 Å². The van der Waals surface area contributed by atoms with Crippen molar-refractivity contribution < 1.29 is 9.47 Å². The molecule has 1 aromatic carbocycles. The van der Waals surface area contributed by atoms with Gasteiger partial charge in [-0.2, -0.15) is 20.4 Å². The zero-order chi connectivity index (χ0) is 31.7. The molecule has 2 atom stereocenters. The monoisotopic (exact) mass is 580 g/mol. The van der Waals surface area contributed by atoms with Crippen LogP contribution < -0.4 is 21.7 Å². The highest BCUT2D eigenvalue weighted by Gasteiger charge is 2.40. The van der Waals surface area contributed by atoms with Gasteiger partial charge in [0, 0.05) is 22.2 Å². The fourth-order valence-corrected chi connectivity index (χ4v) is 3.58. The van der Waals surface area contributed by atoms with E-state index in [1.165, 1.54) is 0 Å². The molecular weight excluding hydrogens is 532 g/mol. The summed E-state index contributed by atoms with van der Waals surface area (Å²) in [6.45, 7) is 24.0. The van der Waals surface area contributed by atoms with Crippen molar-refractivity contribution in [3.05, 3.63) is 35.4 Å². The second kappa shape index (κ2) is 11.7. The number of nitrogens with zero attached hydrogens (tertiary/aromatic N) is 4. The molecule has 0 bridgehead atoms. The number of nitrogens with one attached hydrogen (secondary N) is 6. The summed E-state index contributed by atoms with van der Waals surface area (Å²) in [6.07, 6.45) is -1.26. The predicted molar refractivity (Wildman–Crippen MR) is 171 cm³/mol. The lowest BCUT2D eigenvalue weighted by Crippen LogP contribution is -2.36. The van der Waals surface area contributed by atoms with Crippen LogP contribution in [0.25, 0.3) is 0 Å². The first-order valence-corrected chi connectivity index (χ1v) is 14.1. The molecule has 0 aliphatic carbocycles. The molecule has 2 aliphatic rings. The van der Waals surface area contributed by atoms with Gasteiger partial charge in [-0.1, -0.05) is 24.3 Å². The second-order valence-electron chi connectivity index (χ2n) is 14.7. The van der Waals surface area contributed by atoms with Gasteiger partial charge < -0.3 is 31.2 Å². The molecule has 0 aromatic heterocycles. The second-order valence-corrected chi connectivity index (χ2v) is 14.7. The van der Waals surface area contributed by atoms with E-state index in [-0.39, 0.29) is 34.0 Å². The average molecular weight is 581 g/mol. The van der Waals surface area contributed by atoms with Gasteiger partial charge in [-0.3, -0.25) is 10.8 Å². The first kappa shape index (κ1) is 32.6. The minimum Gasteiger partial charge on any atom is -0.461 e. The van der Waals surface area contributed by atoms with E-state index < -0.39 is 12.2 Å². The van der Waals surface area contributed by atoms with Crippen LogP contribution in [0.2, 0.25) is 0 Å². The molecule has 3 rings (SSSR count). The van der Waals surface area contributed by atoms with Crippen LogP contribution in [0.4, 0.5) is 0 Å². The molecule has 2 fully saturated rings. The van der Waals surface area contributed by atoms with Gasteiger partial charge in [-0.15, -0.1) is 0 Å². The molecule has 0 spiro atoms. The molecule has 2 unspecified atom stereocenters. The number of rotatable bonds is 6. The van der Waals surface area contributed by atoms with Crippen molar-refractivity contribution in [2.24, 2.45) is 20.4 Å². The third-order valence-corrected chi connectivity index (χ3v) is 5.46. The topological polar surface area (TPSA) is 164 Å². The number of benzene rings is 1. The van der Waals surface area contributed by atoms with Crippen molar-refractivity contribution in [2.75, 3.05) is 0 Å². The van der Waals surface area contributed by atoms with Crippen molar-refractivity contribution in [1.82, 2.24) is 21.7 Å². The van der Waals surface area contributed by atoms with E-state index in [1.807, 2.05) is 107 Å². The maximum absolute atomic E-state index is 8.50. The standard InChI is InChI=1S/C30H48N10O2/c1-27(2,3)37-33-19-21(35-39-29(7,8)9)25(31)41-23(19)17-13-15-18(16-14-17)24-20(34-38-28(4,5)6)22(26(32)42-24)36-40-30(10,11)12/h13-16,23-24,31-32,37-40H,1-12H3/b31-25?,32-26?,33-19+,34-20+,35-21-,36-22-. The summed E-state index contributed by atoms with van der Waals surface area (Å²) >= 11 is 0. The Kier molecular flexibility index (Phi) is 9.09. The Labute approximate surface area is 249 Å². The number of hydrogen-bond donors (Lipinski definition) is 6. The summed E-state index contributed by atoms with van der Waals surface area (Å²) in [4.78, 5) is 0. The molecule has 12 nitrogen and oxygen atoms in total. The summed E-state index contributed by atoms with van der Waals surface area (Å²) in [5.41, 5.74) is 14.6. The summed E-state index contributed by atoms with van der Waals surface area (Å²) in [5, 5.41) is 35.2. The first-order chi connectivity index (χ1) is 19.1. The van der Waals surface area contributed by atoms with Crippen molar-refractivity contribution in [3.63, 3.8) is 0 Å². The zero-order valence-corrected chi connectivity index (χ0v) is 27.1. The Morgan fingerprint density at radius 2 is 0.762 bits per heavy atom. The minimum atomic E-state index is -0.631. The molecule has 42 heavy (non-hydrogen) atoms. The maximum Gasteiger partial charge on any atom is 0.237 e. The van der Waals surface area contributed by atoms with E-state index in [2.05, 4.69) is 42.1 Å². The van der Waals surface area contributed by atoms with Crippen molar-refractivity contribution >= 4 is 34.6 Å². The summed E-state index contributed by atoms with van der Waals surface area (Å²) < 4.78 is 12.0. The van der Waals surface area contributed by atoms with Gasteiger partial charge in [0.25, 0.3) is 0 Å². The molecule has 12 heteroatoms. The Bertz CT molecular complexity index is 1200. The van der Waals surface area contributed by atoms with E-state index in [0.717, 1.165) is 11.1 Å². The quantitative estimate of drug-likeness (QED) is 0.266. The molecule has 0 saturated carbocycles. The fraction of sp³-hybridized carbons (Fsp3) is 0.600. The van der Waals surface area contributed by atoms with Crippen LogP contribution in [0, 0.1) is 10.8 Å². The Balaban J connectivity index is 1.98. The fourth-order valence-electron chi connectivity index (χ4n) is 3.58. The van der Waals surface area contributed by atoms with Gasteiger partial charge >= 0.3 is 0 Å². The lowest BCUT2D eigenvalue weighted by atomic mass is 9.98. The van der Waals surface area contributed by atoms with Gasteiger partial charge in [0.05, 0.1) is 0 Å². The van der Waals surface area contributed by atoms with Crippen LogP contribution in [-0.4, -0.2) is 56.8 Å². The minimum absolute atomic E-state index is 0.0577. The van der Waals surface area contributed by atoms with Crippen LogP contribution in [0.3, 0.4) is 0 Å². The van der Waals surface area contributed by atoms with E-state index >= 15 is 0 Å². The third-order valence-electron chi connectivity index (χ3n) is 5.46. The van der Waals surface area contributed by atoms with E-state index in [9.17, 15) is 0 Å². The van der Waals surface area contributed by atoms with Crippen LogP contribution in [0.5, 0.6) is 0 Å². The number of ether oxygens (including phenoxy) is 2. The van der Waals surface area contributed by atoms with Crippen molar-refractivity contribution in [2.45, 2.75) is 117 Å². The molecule has 2 aliphatic heterocycles. The Morgan fingerprint density at radius 1 is 0.500 bits per heavy atom. The number of hydrazone groups is 4. The van der Waals surface area contributed by atoms with Gasteiger partial charge in [0.15, 0.2) is 23.6 Å². The van der Waals surface area contributed by atoms with Crippen LogP contribution in [-0.2, 0) is 9.47 Å². The molecule has 2 heterocycles. The van der Waals surface area contributed by atoms with Crippen LogP contribution in [0.1, 0.15) is 106 Å². The van der Waals surface area contributed by atoms with Crippen LogP contribution in [0.15, 0.2) is 44.7 Å². The highest BCUT2D eigenvalue weighted by atomic mass is 16.5. The molecule has 1 aromatic rings. The van der Waals surface area contributed by atoms with Gasteiger partial charge in [0.1, 0.15) is 11.4 Å². The van der Waals surface area contributed by atoms with Gasteiger partial charge in [-0.05, 0) is 94.2 Å². The molecule has 0 amide bonds. The highest BCUT2D eigenvalue weighted by molar-refractivity contribution is 6.70. The molecule has 2 saturated heterocycles.